The minimum Gasteiger partial charge on any atom is -0.432 e. The van der Waals surface area contributed by atoms with Gasteiger partial charge in [-0.1, -0.05) is 0 Å². The van der Waals surface area contributed by atoms with Crippen LogP contribution in [0, 0.1) is 0 Å². The number of hydrogen-bond donors (Lipinski definition) is 8. The summed E-state index contributed by atoms with van der Waals surface area (Å²) in [5, 5.41) is 55.9. The first-order valence-electron chi connectivity index (χ1n) is 6.72. The van der Waals surface area contributed by atoms with Gasteiger partial charge in [-0.3, -0.25) is 4.79 Å². The number of nitrogens with one attached hydrogen (secondary N) is 1. The van der Waals surface area contributed by atoms with E-state index in [4.69, 9.17) is 15.9 Å². The van der Waals surface area contributed by atoms with E-state index in [1.807, 2.05) is 0 Å². The maximum absolute atomic E-state index is 11.7. The normalized spacial score (nSPS) is 19.4. The highest BCUT2D eigenvalue weighted by Crippen LogP contribution is 2.10. The molecule has 11 heteroatoms. The van der Waals surface area contributed by atoms with Gasteiger partial charge in [-0.15, -0.1) is 0 Å². The Balaban J connectivity index is 2.52. The number of imidazole rings is 1. The number of aliphatic hydroxyl groups excluding tert-OH is 6. The predicted molar refractivity (Wildman–Crippen MR) is 73.5 cm³/mol. The molecule has 1 aromatic heterocycles. The van der Waals surface area contributed by atoms with Crippen molar-refractivity contribution in [3.8, 4) is 0 Å². The Labute approximate surface area is 131 Å². The van der Waals surface area contributed by atoms with Crippen molar-refractivity contribution in [3.63, 3.8) is 0 Å². The van der Waals surface area contributed by atoms with Crippen LogP contribution in [-0.2, 0) is 16.0 Å². The minimum atomic E-state index is -2.19. The summed E-state index contributed by atoms with van der Waals surface area (Å²) in [4.78, 5) is 18.1. The van der Waals surface area contributed by atoms with Crippen LogP contribution in [0.1, 0.15) is 5.69 Å². The lowest BCUT2D eigenvalue weighted by atomic mass is 10.0. The second kappa shape index (κ2) is 8.88. The summed E-state index contributed by atoms with van der Waals surface area (Å²) >= 11 is 0. The zero-order valence-corrected chi connectivity index (χ0v) is 12.1. The van der Waals surface area contributed by atoms with Gasteiger partial charge in [0.2, 0.25) is 6.29 Å². The lowest BCUT2D eigenvalue weighted by Crippen LogP contribution is -2.51. The molecule has 0 saturated heterocycles. The van der Waals surface area contributed by atoms with Crippen molar-refractivity contribution in [1.29, 1.82) is 0 Å². The van der Waals surface area contributed by atoms with E-state index in [1.54, 1.807) is 0 Å². The highest BCUT2D eigenvalue weighted by molar-refractivity contribution is 5.75. The fourth-order valence-electron chi connectivity index (χ4n) is 1.70. The molecule has 1 aromatic rings. The largest absolute Gasteiger partial charge is 0.432 e. The number of aromatic nitrogens is 2. The second-order valence-electron chi connectivity index (χ2n) is 4.94. The highest BCUT2D eigenvalue weighted by Gasteiger charge is 2.36. The summed E-state index contributed by atoms with van der Waals surface area (Å²) < 4.78 is 4.50. The molecule has 0 fully saturated rings. The maximum atomic E-state index is 11.7. The summed E-state index contributed by atoms with van der Waals surface area (Å²) in [5.74, 6) is -1.06. The fourth-order valence-corrected chi connectivity index (χ4v) is 1.70. The summed E-state index contributed by atoms with van der Waals surface area (Å²) in [6.45, 7) is -0.879. The van der Waals surface area contributed by atoms with Crippen LogP contribution in [0.4, 0.5) is 0 Å². The van der Waals surface area contributed by atoms with Gasteiger partial charge in [0.1, 0.15) is 30.5 Å². The molecule has 1 rings (SSSR count). The first-order valence-corrected chi connectivity index (χ1v) is 6.72. The molecule has 0 bridgehead atoms. The molecule has 6 atom stereocenters. The van der Waals surface area contributed by atoms with Gasteiger partial charge in [0.05, 0.1) is 12.9 Å². The molecule has 0 aliphatic carbocycles. The Kier molecular flexibility index (Phi) is 7.51. The molecule has 0 amide bonds. The van der Waals surface area contributed by atoms with Gasteiger partial charge in [-0.05, 0) is 0 Å². The molecule has 9 N–H and O–H groups in total. The molecular formula is C12H21N3O8. The number of aliphatic hydroxyl groups is 6. The Bertz CT molecular complexity index is 471. The second-order valence-corrected chi connectivity index (χ2v) is 4.94. The van der Waals surface area contributed by atoms with Gasteiger partial charge < -0.3 is 46.1 Å². The Hall–Kier alpha value is -1.60. The number of nitrogens with two attached hydrogens (primary N) is 1. The van der Waals surface area contributed by atoms with Crippen LogP contribution in [-0.4, -0.2) is 89.9 Å². The monoisotopic (exact) mass is 335 g/mol. The molecule has 0 aliphatic rings. The Morgan fingerprint density at radius 2 is 1.87 bits per heavy atom. The van der Waals surface area contributed by atoms with E-state index in [0.717, 1.165) is 0 Å². The number of esters is 1. The van der Waals surface area contributed by atoms with Crippen molar-refractivity contribution < 1.29 is 40.2 Å². The first kappa shape index (κ1) is 19.4. The highest BCUT2D eigenvalue weighted by atomic mass is 16.6. The number of carbonyl (C=O) groups is 1. The van der Waals surface area contributed by atoms with E-state index in [2.05, 4.69) is 14.7 Å². The van der Waals surface area contributed by atoms with E-state index in [-0.39, 0.29) is 6.42 Å². The third-order valence-corrected chi connectivity index (χ3v) is 3.11. The van der Waals surface area contributed by atoms with Crippen LogP contribution in [0.5, 0.6) is 0 Å². The van der Waals surface area contributed by atoms with Crippen LogP contribution in [0.25, 0.3) is 0 Å². The smallest absolute Gasteiger partial charge is 0.325 e. The average molecular weight is 335 g/mol. The standard InChI is InChI=1S/C12H21N3O8/c13-6(1-5-2-14-4-15-5)11(21)23-12(22)10(20)9(19)8(18)7(17)3-16/h2,4,6-10,12,16-20,22H,1,3,13H2,(H,14,15)/t6-,7+,8+,9-,10-,12?/m0/s1. The average Bonchev–Trinajstić information content (AvgIpc) is 3.04. The quantitative estimate of drug-likeness (QED) is 0.161. The number of carbonyl (C=O) groups excluding carboxylic acids is 1. The van der Waals surface area contributed by atoms with Crippen LogP contribution in [0.15, 0.2) is 12.5 Å². The van der Waals surface area contributed by atoms with Crippen LogP contribution < -0.4 is 5.73 Å². The summed E-state index contributed by atoms with van der Waals surface area (Å²) in [7, 11) is 0. The SMILES string of the molecule is N[C@@H](Cc1cnc[nH]1)C(=O)OC(O)[C@@H](O)[C@@H](O)[C@H](O)[C@H](O)CO. The molecule has 0 aromatic carbocycles. The maximum Gasteiger partial charge on any atom is 0.325 e. The van der Waals surface area contributed by atoms with Crippen molar-refractivity contribution >= 4 is 5.97 Å². The molecule has 0 saturated carbocycles. The molecule has 0 radical (unpaired) electrons. The number of H-pyrrole nitrogens is 1. The third-order valence-electron chi connectivity index (χ3n) is 3.11. The molecular weight excluding hydrogens is 314 g/mol. The van der Waals surface area contributed by atoms with Gasteiger partial charge in [-0.2, -0.15) is 0 Å². The van der Waals surface area contributed by atoms with E-state index in [0.29, 0.717) is 5.69 Å². The van der Waals surface area contributed by atoms with Crippen LogP contribution in [0.2, 0.25) is 0 Å². The van der Waals surface area contributed by atoms with Gasteiger partial charge in [0, 0.05) is 18.3 Å². The van der Waals surface area contributed by atoms with E-state index in [9.17, 15) is 25.2 Å². The predicted octanol–water partition coefficient (Wildman–Crippen LogP) is -4.42. The van der Waals surface area contributed by atoms with E-state index < -0.39 is 49.3 Å². The minimum absolute atomic E-state index is 0.0378. The van der Waals surface area contributed by atoms with Gasteiger partial charge >= 0.3 is 5.97 Å². The molecule has 0 spiro atoms. The van der Waals surface area contributed by atoms with Gasteiger partial charge in [-0.25, -0.2) is 4.98 Å². The lowest BCUT2D eigenvalue weighted by Gasteiger charge is -2.28. The first-order chi connectivity index (χ1) is 10.8. The van der Waals surface area contributed by atoms with Crippen molar-refractivity contribution in [1.82, 2.24) is 9.97 Å². The van der Waals surface area contributed by atoms with Crippen LogP contribution in [0.3, 0.4) is 0 Å². The van der Waals surface area contributed by atoms with Crippen LogP contribution >= 0.6 is 0 Å². The zero-order chi connectivity index (χ0) is 17.6. The molecule has 1 unspecified atom stereocenters. The van der Waals surface area contributed by atoms with Gasteiger partial charge in [0.25, 0.3) is 0 Å². The van der Waals surface area contributed by atoms with Crippen molar-refractivity contribution in [3.05, 3.63) is 18.2 Å². The van der Waals surface area contributed by atoms with E-state index in [1.165, 1.54) is 12.5 Å². The summed E-state index contributed by atoms with van der Waals surface area (Å²) in [6, 6.07) is -1.16. The fraction of sp³-hybridized carbons (Fsp3) is 0.667. The van der Waals surface area contributed by atoms with Crippen molar-refractivity contribution in [2.75, 3.05) is 6.61 Å². The molecule has 1 heterocycles. The zero-order valence-electron chi connectivity index (χ0n) is 12.1. The number of aromatic amines is 1. The molecule has 0 aliphatic heterocycles. The third kappa shape index (κ3) is 5.51. The summed E-state index contributed by atoms with van der Waals surface area (Å²) in [5.41, 5.74) is 6.11. The number of ether oxygens (including phenoxy) is 1. The summed E-state index contributed by atoms with van der Waals surface area (Å²) in [6.07, 6.45) is -7.21. The lowest BCUT2D eigenvalue weighted by molar-refractivity contribution is -0.214. The van der Waals surface area contributed by atoms with Crippen molar-refractivity contribution in [2.45, 2.75) is 43.2 Å². The molecule has 132 valence electrons. The molecule has 11 nitrogen and oxygen atoms in total. The Morgan fingerprint density at radius 3 is 2.39 bits per heavy atom. The van der Waals surface area contributed by atoms with E-state index >= 15 is 0 Å². The van der Waals surface area contributed by atoms with Crippen molar-refractivity contribution in [2.24, 2.45) is 5.73 Å². The van der Waals surface area contributed by atoms with Gasteiger partial charge in [0.15, 0.2) is 0 Å². The number of nitrogens with zero attached hydrogens (tertiary/aromatic N) is 1. The number of rotatable bonds is 9. The Morgan fingerprint density at radius 1 is 1.22 bits per heavy atom. The number of hydrogen-bond acceptors (Lipinski definition) is 10. The topological polar surface area (TPSA) is 202 Å². The molecule has 23 heavy (non-hydrogen) atoms.